The molecule has 0 bridgehead atoms. The Balaban J connectivity index is 0.000000171. The van der Waals surface area contributed by atoms with Gasteiger partial charge in [0.25, 0.3) is 11.5 Å². The number of benzene rings is 1. The van der Waals surface area contributed by atoms with Crippen LogP contribution in [0.2, 0.25) is 0 Å². The molecule has 1 amide bonds. The van der Waals surface area contributed by atoms with E-state index in [-0.39, 0.29) is 61.5 Å². The lowest BCUT2D eigenvalue weighted by Gasteiger charge is -2.33. The Morgan fingerprint density at radius 1 is 0.670 bits per heavy atom. The van der Waals surface area contributed by atoms with Crippen molar-refractivity contribution in [2.45, 2.75) is 161 Å². The standard InChI is InChI=1S/C24H40N8O4.C23H29N7O6.C16H24N4O2/c33-15-11-31(12-16-34)23-26-20-19(21(27-23)29-7-3-1-4-8-29)25-24(32(13-17-35)14-18-36)28-22(20)30-9-5-2-6-10-30;1-2-25-21(35)18-16(33)17(34)22(36-18)30-11-27-15-19(24)28-23(29-20(15)30)26-10-9-13-5-3-12(4-6-13)7-8-14(31)32;1-3-9-19-14-12(15(21)20(10-4-2)16(19)22)17-13(18-14)11-7-5-6-8-11/h33-36H,1-18H2;3-6,11,16-18,22,33-34H,2,7-10H2,1H3,(H,25,35)(H,31,32)(H3,24,26,28,29);11H,3-10H2,1-2H3,(H,17,18)/t;16-,17+,18-,22+;/m.0./s1. The van der Waals surface area contributed by atoms with Crippen LogP contribution in [0.1, 0.15) is 133 Å². The number of aliphatic hydroxyl groups is 6. The van der Waals surface area contributed by atoms with E-state index in [2.05, 4.69) is 45.4 Å². The number of carbonyl (C=O) groups is 2. The van der Waals surface area contributed by atoms with Gasteiger partial charge in [-0.2, -0.15) is 19.9 Å². The maximum absolute atomic E-state index is 12.6. The summed E-state index contributed by atoms with van der Waals surface area (Å²) in [6, 6.07) is 7.71. The number of aromatic nitrogens is 12. The van der Waals surface area contributed by atoms with Gasteiger partial charge in [0, 0.05) is 90.9 Å². The number of imidazole rings is 2. The van der Waals surface area contributed by atoms with Gasteiger partial charge in [-0.25, -0.2) is 24.7 Å². The zero-order chi connectivity index (χ0) is 66.8. The zero-order valence-corrected chi connectivity index (χ0v) is 54.2. The van der Waals surface area contributed by atoms with E-state index in [9.17, 15) is 49.8 Å². The van der Waals surface area contributed by atoms with Crippen LogP contribution in [0.15, 0.2) is 40.2 Å². The third-order valence-electron chi connectivity index (χ3n) is 17.3. The average molecular weight is 1310 g/mol. The number of carboxylic acid groups (broad SMARTS) is 1. The maximum Gasteiger partial charge on any atom is 0.332 e. The number of likely N-dealkylation sites (N-methyl/N-ethyl adjacent to an activating group) is 1. The number of anilines is 6. The minimum atomic E-state index is -1.42. The first kappa shape index (κ1) is 70.1. The summed E-state index contributed by atoms with van der Waals surface area (Å²) in [4.78, 5) is 96.6. The van der Waals surface area contributed by atoms with E-state index in [0.29, 0.717) is 111 Å². The number of amides is 1. The van der Waals surface area contributed by atoms with Crippen LogP contribution >= 0.6 is 0 Å². The molecule has 1 saturated carbocycles. The van der Waals surface area contributed by atoms with Gasteiger partial charge < -0.3 is 81.4 Å². The molecule has 0 unspecified atom stereocenters. The molecule has 9 heterocycles. The molecule has 4 aliphatic rings. The molecule has 512 valence electrons. The molecule has 94 heavy (non-hydrogen) atoms. The number of H-pyrrole nitrogens is 1. The molecule has 12 N–H and O–H groups in total. The maximum atomic E-state index is 12.6. The molecule has 31 nitrogen and oxygen atoms in total. The van der Waals surface area contributed by atoms with Gasteiger partial charge in [0.15, 0.2) is 41.1 Å². The number of nitrogens with zero attached hydrogens (tertiary/aromatic N) is 15. The van der Waals surface area contributed by atoms with Crippen LogP contribution in [0, 0.1) is 0 Å². The first-order valence-corrected chi connectivity index (χ1v) is 33.2. The number of nitrogen functional groups attached to an aromatic ring is 1. The molecule has 7 aromatic rings. The van der Waals surface area contributed by atoms with Gasteiger partial charge in [0.2, 0.25) is 17.8 Å². The number of rotatable bonds is 27. The molecule has 0 spiro atoms. The monoisotopic (exact) mass is 1310 g/mol. The Labute approximate surface area is 544 Å². The van der Waals surface area contributed by atoms with E-state index in [1.54, 1.807) is 21.3 Å². The fourth-order valence-electron chi connectivity index (χ4n) is 12.5. The summed E-state index contributed by atoms with van der Waals surface area (Å²) < 4.78 is 10.1. The fraction of sp³-hybridized carbons (Fsp3) is 0.619. The first-order valence-electron chi connectivity index (χ1n) is 33.2. The minimum Gasteiger partial charge on any atom is -0.481 e. The number of aliphatic hydroxyl groups excluding tert-OH is 6. The second-order valence-electron chi connectivity index (χ2n) is 24.0. The Morgan fingerprint density at radius 2 is 1.21 bits per heavy atom. The smallest absolute Gasteiger partial charge is 0.332 e. The van der Waals surface area contributed by atoms with Gasteiger partial charge in [0.05, 0.1) is 32.8 Å². The number of hydrogen-bond acceptors (Lipinski definition) is 25. The molecule has 0 radical (unpaired) electrons. The number of carboxylic acids is 1. The number of aromatic amines is 1. The van der Waals surface area contributed by atoms with Crippen LogP contribution in [-0.2, 0) is 40.3 Å². The molecule has 1 aliphatic carbocycles. The predicted octanol–water partition coefficient (Wildman–Crippen LogP) is 2.18. The summed E-state index contributed by atoms with van der Waals surface area (Å²) in [5, 5.41) is 73.9. The van der Waals surface area contributed by atoms with Crippen molar-refractivity contribution in [2.75, 3.05) is 123 Å². The Bertz CT molecular complexity index is 3640. The van der Waals surface area contributed by atoms with E-state index < -0.39 is 36.4 Å². The van der Waals surface area contributed by atoms with Crippen molar-refractivity contribution in [3.63, 3.8) is 0 Å². The van der Waals surface area contributed by atoms with Crippen molar-refractivity contribution in [3.8, 4) is 0 Å². The number of carbonyl (C=O) groups excluding carboxylic acids is 1. The van der Waals surface area contributed by atoms with Crippen LogP contribution in [0.3, 0.4) is 0 Å². The molecule has 3 saturated heterocycles. The van der Waals surface area contributed by atoms with Crippen molar-refractivity contribution < 1.29 is 50.1 Å². The van der Waals surface area contributed by atoms with E-state index in [1.807, 2.05) is 38.1 Å². The van der Waals surface area contributed by atoms with Crippen molar-refractivity contribution in [2.24, 2.45) is 0 Å². The van der Waals surface area contributed by atoms with Crippen LogP contribution in [0.25, 0.3) is 33.4 Å². The number of fused-ring (bicyclic) bond motifs is 3. The molecule has 11 rings (SSSR count). The number of piperidine rings is 2. The average Bonchev–Trinajstić information content (AvgIpc) is 0.976. The first-order chi connectivity index (χ1) is 45.6. The molecule has 4 fully saturated rings. The molecule has 6 aromatic heterocycles. The fourth-order valence-corrected chi connectivity index (χ4v) is 12.5. The lowest BCUT2D eigenvalue weighted by atomic mass is 10.1. The number of aliphatic carboxylic acids is 1. The Hall–Kier alpha value is -8.20. The highest BCUT2D eigenvalue weighted by Crippen LogP contribution is 2.37. The summed E-state index contributed by atoms with van der Waals surface area (Å²) in [5.74, 6) is 2.64. The normalized spacial score (nSPS) is 18.3. The molecule has 1 aromatic carbocycles. The third-order valence-corrected chi connectivity index (χ3v) is 17.3. The largest absolute Gasteiger partial charge is 0.481 e. The second-order valence-corrected chi connectivity index (χ2v) is 24.0. The van der Waals surface area contributed by atoms with Crippen LogP contribution in [0.4, 0.5) is 35.3 Å². The third kappa shape index (κ3) is 16.6. The number of aryl methyl sites for hydroxylation is 2. The highest BCUT2D eigenvalue weighted by molar-refractivity contribution is 5.95. The van der Waals surface area contributed by atoms with Gasteiger partial charge in [-0.3, -0.25) is 28.1 Å². The lowest BCUT2D eigenvalue weighted by Crippen LogP contribution is -2.42. The van der Waals surface area contributed by atoms with Crippen molar-refractivity contribution >= 4 is 80.5 Å². The summed E-state index contributed by atoms with van der Waals surface area (Å²) in [6.45, 7) is 12.0. The van der Waals surface area contributed by atoms with Crippen molar-refractivity contribution in [1.29, 1.82) is 0 Å². The van der Waals surface area contributed by atoms with Gasteiger partial charge in [-0.1, -0.05) is 51.0 Å². The number of hydrogen-bond donors (Lipinski definition) is 11. The summed E-state index contributed by atoms with van der Waals surface area (Å²) in [7, 11) is 0. The van der Waals surface area contributed by atoms with Crippen LogP contribution < -0.4 is 47.2 Å². The van der Waals surface area contributed by atoms with Crippen molar-refractivity contribution in [3.05, 3.63) is 68.4 Å². The van der Waals surface area contributed by atoms with E-state index in [4.69, 9.17) is 35.5 Å². The molecular formula is C63H93N19O12. The highest BCUT2D eigenvalue weighted by atomic mass is 16.6. The highest BCUT2D eigenvalue weighted by Gasteiger charge is 2.48. The van der Waals surface area contributed by atoms with Crippen LogP contribution in [-0.4, -0.2) is 216 Å². The quantitative estimate of drug-likeness (QED) is 0.0351. The Morgan fingerprint density at radius 3 is 1.73 bits per heavy atom. The van der Waals surface area contributed by atoms with Gasteiger partial charge >= 0.3 is 11.7 Å². The summed E-state index contributed by atoms with van der Waals surface area (Å²) >= 11 is 0. The zero-order valence-electron chi connectivity index (χ0n) is 54.2. The lowest BCUT2D eigenvalue weighted by molar-refractivity contribution is -0.138. The van der Waals surface area contributed by atoms with E-state index in [1.165, 1.54) is 41.1 Å². The summed E-state index contributed by atoms with van der Waals surface area (Å²) in [6.07, 6.45) is 10.3. The topological polar surface area (TPSA) is 416 Å². The van der Waals surface area contributed by atoms with Gasteiger partial charge in [-0.05, 0) is 95.1 Å². The van der Waals surface area contributed by atoms with E-state index in [0.717, 1.165) is 106 Å². The SMILES string of the molecule is CCCn1c(=O)c2[nH]c(C3CCCC3)nc2n(CCC)c1=O.CCNC(=O)[C@H]1O[C@@H](n2cnc3c(N)nc(NCCc4ccc(CCC(=O)O)cc4)nc32)[C@H](O)[C@@H]1O.OCCN(CCO)c1nc(N2CCCCC2)c2nc(N(CCO)CCO)nc(N3CCCCC3)c2n1. The minimum absolute atomic E-state index is 0.0772. The van der Waals surface area contributed by atoms with Crippen LogP contribution in [0.5, 0.6) is 0 Å². The van der Waals surface area contributed by atoms with E-state index >= 15 is 0 Å². The summed E-state index contributed by atoms with van der Waals surface area (Å²) in [5.41, 5.74) is 10.5. The molecular weight excluding hydrogens is 1210 g/mol. The van der Waals surface area contributed by atoms with Crippen molar-refractivity contribution in [1.82, 2.24) is 63.9 Å². The van der Waals surface area contributed by atoms with Gasteiger partial charge in [0.1, 0.15) is 40.1 Å². The second kappa shape index (κ2) is 33.8. The Kier molecular flexibility index (Phi) is 25.2. The number of nitrogens with two attached hydrogens (primary N) is 1. The molecule has 31 heteroatoms. The molecule has 4 atom stereocenters. The number of nitrogens with one attached hydrogen (secondary N) is 3. The van der Waals surface area contributed by atoms with Gasteiger partial charge in [-0.15, -0.1) is 0 Å². The molecule has 3 aliphatic heterocycles. The predicted molar refractivity (Wildman–Crippen MR) is 355 cm³/mol. The number of ether oxygens (including phenoxy) is 1.